The SMILES string of the molecule is CCOC(=O)C1=C(O)/C(=C\c2ccc(C)cc2)SC1=Nc1cccc(Cl)c1. The van der Waals surface area contributed by atoms with Gasteiger partial charge in [-0.2, -0.15) is 0 Å². The van der Waals surface area contributed by atoms with Gasteiger partial charge in [-0.05, 0) is 43.7 Å². The highest BCUT2D eigenvalue weighted by Gasteiger charge is 2.33. The minimum atomic E-state index is -0.601. The first-order chi connectivity index (χ1) is 13.0. The van der Waals surface area contributed by atoms with Crippen LogP contribution >= 0.6 is 23.4 Å². The summed E-state index contributed by atoms with van der Waals surface area (Å²) in [6, 6.07) is 14.9. The highest BCUT2D eigenvalue weighted by molar-refractivity contribution is 8.18. The molecule has 0 bridgehead atoms. The van der Waals surface area contributed by atoms with E-state index in [1.807, 2.05) is 37.3 Å². The van der Waals surface area contributed by atoms with Crippen molar-refractivity contribution in [2.24, 2.45) is 4.99 Å². The van der Waals surface area contributed by atoms with Crippen LogP contribution in [0, 0.1) is 6.92 Å². The molecule has 0 unspecified atom stereocenters. The van der Waals surface area contributed by atoms with Crippen molar-refractivity contribution in [1.82, 2.24) is 0 Å². The molecule has 0 aromatic heterocycles. The van der Waals surface area contributed by atoms with Crippen LogP contribution in [0.4, 0.5) is 5.69 Å². The van der Waals surface area contributed by atoms with Gasteiger partial charge in [-0.15, -0.1) is 0 Å². The number of rotatable bonds is 4. The van der Waals surface area contributed by atoms with Crippen LogP contribution in [-0.2, 0) is 9.53 Å². The zero-order valence-electron chi connectivity index (χ0n) is 14.9. The van der Waals surface area contributed by atoms with Crippen molar-refractivity contribution in [2.75, 3.05) is 6.61 Å². The molecular formula is C21H18ClNO3S. The van der Waals surface area contributed by atoms with Crippen LogP contribution in [-0.4, -0.2) is 22.7 Å². The van der Waals surface area contributed by atoms with Crippen molar-refractivity contribution in [3.05, 3.63) is 80.9 Å². The molecule has 3 rings (SSSR count). The van der Waals surface area contributed by atoms with E-state index in [0.29, 0.717) is 20.7 Å². The van der Waals surface area contributed by atoms with E-state index in [2.05, 4.69) is 4.99 Å². The molecule has 0 spiro atoms. The highest BCUT2D eigenvalue weighted by atomic mass is 35.5. The van der Waals surface area contributed by atoms with Crippen LogP contribution in [0.25, 0.3) is 6.08 Å². The zero-order chi connectivity index (χ0) is 19.4. The van der Waals surface area contributed by atoms with E-state index in [1.165, 1.54) is 11.8 Å². The van der Waals surface area contributed by atoms with Gasteiger partial charge in [-0.1, -0.05) is 59.3 Å². The lowest BCUT2D eigenvalue weighted by molar-refractivity contribution is -0.138. The molecule has 1 N–H and O–H groups in total. The van der Waals surface area contributed by atoms with Gasteiger partial charge in [0.25, 0.3) is 0 Å². The second-order valence-corrected chi connectivity index (χ2v) is 7.33. The second kappa shape index (κ2) is 8.46. The van der Waals surface area contributed by atoms with E-state index in [1.54, 1.807) is 31.2 Å². The van der Waals surface area contributed by atoms with Gasteiger partial charge in [0.15, 0.2) is 0 Å². The minimum Gasteiger partial charge on any atom is -0.506 e. The number of esters is 1. The Balaban J connectivity index is 2.03. The van der Waals surface area contributed by atoms with E-state index in [4.69, 9.17) is 16.3 Å². The summed E-state index contributed by atoms with van der Waals surface area (Å²) in [5, 5.41) is 11.6. The highest BCUT2D eigenvalue weighted by Crippen LogP contribution is 2.40. The number of halogens is 1. The number of carbonyl (C=O) groups is 1. The average molecular weight is 400 g/mol. The third-order valence-corrected chi connectivity index (χ3v) is 5.04. The molecule has 0 atom stereocenters. The lowest BCUT2D eigenvalue weighted by atomic mass is 10.1. The average Bonchev–Trinajstić information content (AvgIpc) is 2.92. The second-order valence-electron chi connectivity index (χ2n) is 5.86. The third-order valence-electron chi connectivity index (χ3n) is 3.78. The molecule has 0 saturated heterocycles. The van der Waals surface area contributed by atoms with Crippen LogP contribution in [0.2, 0.25) is 5.02 Å². The molecule has 6 heteroatoms. The predicted octanol–water partition coefficient (Wildman–Crippen LogP) is 5.84. The number of ether oxygens (including phenoxy) is 1. The molecule has 1 heterocycles. The largest absolute Gasteiger partial charge is 0.506 e. The molecule has 27 heavy (non-hydrogen) atoms. The molecule has 0 radical (unpaired) electrons. The number of aliphatic hydroxyl groups excluding tert-OH is 1. The van der Waals surface area contributed by atoms with Crippen LogP contribution < -0.4 is 0 Å². The van der Waals surface area contributed by atoms with Crippen molar-refractivity contribution in [3.8, 4) is 0 Å². The van der Waals surface area contributed by atoms with E-state index in [-0.39, 0.29) is 17.9 Å². The van der Waals surface area contributed by atoms with Crippen molar-refractivity contribution in [2.45, 2.75) is 13.8 Å². The number of hydrogen-bond acceptors (Lipinski definition) is 5. The summed E-state index contributed by atoms with van der Waals surface area (Å²) in [6.07, 6.45) is 1.82. The van der Waals surface area contributed by atoms with Gasteiger partial charge in [0.05, 0.1) is 17.2 Å². The van der Waals surface area contributed by atoms with Crippen LogP contribution in [0.1, 0.15) is 18.1 Å². The third kappa shape index (κ3) is 4.62. The minimum absolute atomic E-state index is 0.0696. The first kappa shape index (κ1) is 19.3. The Morgan fingerprint density at radius 2 is 2.00 bits per heavy atom. The Bertz CT molecular complexity index is 962. The molecule has 2 aromatic carbocycles. The molecule has 138 valence electrons. The van der Waals surface area contributed by atoms with E-state index in [0.717, 1.165) is 11.1 Å². The standard InChI is InChI=1S/C21H18ClNO3S/c1-3-26-21(25)18-19(24)17(11-14-9-7-13(2)8-10-14)27-20(18)23-16-6-4-5-15(22)12-16/h4-12,24H,3H2,1-2H3/b17-11+,23-20?. The Morgan fingerprint density at radius 1 is 1.26 bits per heavy atom. The van der Waals surface area contributed by atoms with E-state index >= 15 is 0 Å². The molecule has 1 aliphatic heterocycles. The smallest absolute Gasteiger partial charge is 0.344 e. The summed E-state index contributed by atoms with van der Waals surface area (Å²) in [4.78, 5) is 17.4. The number of thioether (sulfide) groups is 1. The number of aryl methyl sites for hydroxylation is 1. The molecule has 2 aromatic rings. The first-order valence-corrected chi connectivity index (χ1v) is 9.59. The van der Waals surface area contributed by atoms with Gasteiger partial charge in [-0.3, -0.25) is 0 Å². The number of aliphatic hydroxyl groups is 1. The Hall–Kier alpha value is -2.50. The summed E-state index contributed by atoms with van der Waals surface area (Å²) in [5.41, 5.74) is 2.73. The molecular weight excluding hydrogens is 382 g/mol. The fourth-order valence-corrected chi connectivity index (χ4v) is 3.69. The number of benzene rings is 2. The normalized spacial score (nSPS) is 17.0. The van der Waals surface area contributed by atoms with Crippen molar-refractivity contribution in [3.63, 3.8) is 0 Å². The Labute approximate surface area is 167 Å². The van der Waals surface area contributed by atoms with Gasteiger partial charge >= 0.3 is 5.97 Å². The number of carbonyl (C=O) groups excluding carboxylic acids is 1. The molecule has 0 amide bonds. The lowest BCUT2D eigenvalue weighted by Gasteiger charge is -2.04. The summed E-state index contributed by atoms with van der Waals surface area (Å²) in [5.74, 6) is -0.726. The summed E-state index contributed by atoms with van der Waals surface area (Å²) < 4.78 is 5.10. The van der Waals surface area contributed by atoms with Gasteiger partial charge < -0.3 is 9.84 Å². The van der Waals surface area contributed by atoms with Crippen LogP contribution in [0.5, 0.6) is 0 Å². The maximum atomic E-state index is 12.4. The molecule has 1 aliphatic rings. The summed E-state index contributed by atoms with van der Waals surface area (Å²) in [6.45, 7) is 3.93. The quantitative estimate of drug-likeness (QED) is 0.656. The van der Waals surface area contributed by atoms with E-state index < -0.39 is 5.97 Å². The number of hydrogen-bond donors (Lipinski definition) is 1. The maximum absolute atomic E-state index is 12.4. The first-order valence-electron chi connectivity index (χ1n) is 8.39. The van der Waals surface area contributed by atoms with Crippen molar-refractivity contribution in [1.29, 1.82) is 0 Å². The van der Waals surface area contributed by atoms with Gasteiger partial charge in [-0.25, -0.2) is 9.79 Å². The van der Waals surface area contributed by atoms with E-state index in [9.17, 15) is 9.90 Å². The van der Waals surface area contributed by atoms with Crippen LogP contribution in [0.3, 0.4) is 0 Å². The van der Waals surface area contributed by atoms with Crippen LogP contribution in [0.15, 0.2) is 69.8 Å². The fraction of sp³-hybridized carbons (Fsp3) is 0.143. The maximum Gasteiger partial charge on any atom is 0.344 e. The van der Waals surface area contributed by atoms with Crippen molar-refractivity contribution < 1.29 is 14.6 Å². The zero-order valence-corrected chi connectivity index (χ0v) is 16.5. The molecule has 0 aliphatic carbocycles. The summed E-state index contributed by atoms with van der Waals surface area (Å²) >= 11 is 7.24. The van der Waals surface area contributed by atoms with Gasteiger partial charge in [0, 0.05) is 5.02 Å². The predicted molar refractivity (Wildman–Crippen MR) is 112 cm³/mol. The monoisotopic (exact) mass is 399 g/mol. The van der Waals surface area contributed by atoms with Gasteiger partial charge in [0.2, 0.25) is 0 Å². The lowest BCUT2D eigenvalue weighted by Crippen LogP contribution is -2.12. The molecule has 0 fully saturated rings. The Kier molecular flexibility index (Phi) is 6.04. The van der Waals surface area contributed by atoms with Gasteiger partial charge in [0.1, 0.15) is 16.4 Å². The molecule has 0 saturated carbocycles. The summed E-state index contributed by atoms with van der Waals surface area (Å²) in [7, 11) is 0. The Morgan fingerprint density at radius 3 is 2.67 bits per heavy atom. The fourth-order valence-electron chi connectivity index (χ4n) is 2.47. The number of nitrogens with zero attached hydrogens (tertiary/aromatic N) is 1. The van der Waals surface area contributed by atoms with Crippen molar-refractivity contribution >= 4 is 46.1 Å². The number of aliphatic imine (C=N–C) groups is 1. The topological polar surface area (TPSA) is 58.9 Å². The molecule has 4 nitrogen and oxygen atoms in total.